The number of aryl methyl sites for hydroxylation is 1. The van der Waals surface area contributed by atoms with E-state index in [0.29, 0.717) is 18.1 Å². The number of likely N-dealkylation sites (N-methyl/N-ethyl adjacent to an activating group) is 1. The van der Waals surface area contributed by atoms with Gasteiger partial charge in [-0.15, -0.1) is 0 Å². The van der Waals surface area contributed by atoms with Gasteiger partial charge in [-0.05, 0) is 43.7 Å². The zero-order valence-corrected chi connectivity index (χ0v) is 17.2. The van der Waals surface area contributed by atoms with Gasteiger partial charge in [-0.3, -0.25) is 9.69 Å². The first kappa shape index (κ1) is 21.1. The summed E-state index contributed by atoms with van der Waals surface area (Å²) in [6.45, 7) is 3.43. The predicted molar refractivity (Wildman–Crippen MR) is 109 cm³/mol. The molecule has 1 aromatic carbocycles. The number of piperazine rings is 1. The first-order chi connectivity index (χ1) is 14.0. The molecular weight excluding hydrogens is 396 g/mol. The van der Waals surface area contributed by atoms with E-state index in [1.54, 1.807) is 4.90 Å². The van der Waals surface area contributed by atoms with Crippen LogP contribution in [-0.4, -0.2) is 73.3 Å². The molecule has 2 amide bonds. The fourth-order valence-corrected chi connectivity index (χ4v) is 3.23. The number of nitrogens with zero attached hydrogens (tertiary/aromatic N) is 3. The number of nitrogens with one attached hydrogen (secondary N) is 1. The van der Waals surface area contributed by atoms with Crippen LogP contribution in [0.15, 0.2) is 34.9 Å². The van der Waals surface area contributed by atoms with E-state index in [-0.39, 0.29) is 12.5 Å². The molecule has 1 saturated heterocycles. The van der Waals surface area contributed by atoms with Gasteiger partial charge in [0, 0.05) is 49.9 Å². The van der Waals surface area contributed by atoms with Crippen LogP contribution in [0.1, 0.15) is 12.1 Å². The highest BCUT2D eigenvalue weighted by Gasteiger charge is 2.22. The van der Waals surface area contributed by atoms with Crippen LogP contribution in [-0.2, 0) is 16.0 Å². The van der Waals surface area contributed by atoms with E-state index < -0.39 is 6.09 Å². The minimum absolute atomic E-state index is 0.245. The zero-order chi connectivity index (χ0) is 20.6. The molecule has 1 aliphatic heterocycles. The molecule has 0 atom stereocenters. The molecule has 0 spiro atoms. The topological polar surface area (TPSA) is 87.9 Å². The number of benzene rings is 1. The normalized spacial score (nSPS) is 14.6. The summed E-state index contributed by atoms with van der Waals surface area (Å²) in [4.78, 5) is 27.0. The fourth-order valence-electron chi connectivity index (χ4n) is 3.11. The maximum atomic E-state index is 11.9. The van der Waals surface area contributed by atoms with Gasteiger partial charge in [0.1, 0.15) is 0 Å². The summed E-state index contributed by atoms with van der Waals surface area (Å²) in [7, 11) is 1.51. The first-order valence-corrected chi connectivity index (χ1v) is 9.99. The zero-order valence-electron chi connectivity index (χ0n) is 16.4. The average molecular weight is 421 g/mol. The Morgan fingerprint density at radius 1 is 1.21 bits per heavy atom. The number of ether oxygens (including phenoxy) is 1. The predicted octanol–water partition coefficient (Wildman–Crippen LogP) is 2.43. The monoisotopic (exact) mass is 420 g/mol. The van der Waals surface area contributed by atoms with E-state index in [4.69, 9.17) is 20.9 Å². The second-order valence-electron chi connectivity index (χ2n) is 6.85. The van der Waals surface area contributed by atoms with Crippen molar-refractivity contribution >= 4 is 23.6 Å². The molecule has 156 valence electrons. The summed E-state index contributed by atoms with van der Waals surface area (Å²) in [5.74, 6) is 0.421. The average Bonchev–Trinajstić information content (AvgIpc) is 3.21. The molecule has 0 radical (unpaired) electrons. The molecule has 2 aromatic rings. The van der Waals surface area contributed by atoms with Gasteiger partial charge in [0.05, 0.1) is 5.69 Å². The Kier molecular flexibility index (Phi) is 7.48. The van der Waals surface area contributed by atoms with Gasteiger partial charge >= 0.3 is 6.09 Å². The second kappa shape index (κ2) is 10.3. The summed E-state index contributed by atoms with van der Waals surface area (Å²) in [6, 6.07) is 9.43. The van der Waals surface area contributed by atoms with Crippen molar-refractivity contribution in [3.8, 4) is 11.3 Å². The number of carbonyl (C=O) groups excluding carboxylic acids is 2. The van der Waals surface area contributed by atoms with Crippen LogP contribution in [0.5, 0.6) is 0 Å². The van der Waals surface area contributed by atoms with Crippen LogP contribution >= 0.6 is 11.6 Å². The van der Waals surface area contributed by atoms with Gasteiger partial charge in [0.25, 0.3) is 5.91 Å². The third-order valence-electron chi connectivity index (χ3n) is 4.83. The number of halogens is 1. The molecule has 0 bridgehead atoms. The van der Waals surface area contributed by atoms with E-state index in [0.717, 1.165) is 49.5 Å². The molecule has 2 heterocycles. The molecule has 1 aliphatic rings. The lowest BCUT2D eigenvalue weighted by molar-refractivity contribution is -0.123. The Morgan fingerprint density at radius 3 is 2.62 bits per heavy atom. The van der Waals surface area contributed by atoms with Crippen LogP contribution in [0.4, 0.5) is 4.79 Å². The lowest BCUT2D eigenvalue weighted by Crippen LogP contribution is -2.49. The van der Waals surface area contributed by atoms with Crippen LogP contribution in [0.3, 0.4) is 0 Å². The van der Waals surface area contributed by atoms with Crippen molar-refractivity contribution in [1.82, 2.24) is 20.3 Å². The minimum atomic E-state index is -0.439. The standard InChI is InChI=1S/C20H25ClN4O4/c1-22-19(26)14-28-20(27)25-11-9-24(10-12-25)8-2-3-17-13-18(29-23-17)15-4-6-16(21)7-5-15/h4-7,13H,2-3,8-12,14H2,1H3,(H,22,26). The third-order valence-corrected chi connectivity index (χ3v) is 5.08. The molecule has 1 fully saturated rings. The van der Waals surface area contributed by atoms with E-state index in [1.807, 2.05) is 30.3 Å². The number of hydrogen-bond acceptors (Lipinski definition) is 6. The lowest BCUT2D eigenvalue weighted by atomic mass is 10.1. The van der Waals surface area contributed by atoms with Crippen molar-refractivity contribution in [3.05, 3.63) is 41.0 Å². The van der Waals surface area contributed by atoms with E-state index in [9.17, 15) is 9.59 Å². The molecular formula is C20H25ClN4O4. The molecule has 1 N–H and O–H groups in total. The Hall–Kier alpha value is -2.58. The molecule has 0 saturated carbocycles. The van der Waals surface area contributed by atoms with Gasteiger partial charge in [0.2, 0.25) is 0 Å². The highest BCUT2D eigenvalue weighted by atomic mass is 35.5. The summed E-state index contributed by atoms with van der Waals surface area (Å²) < 4.78 is 10.4. The highest BCUT2D eigenvalue weighted by molar-refractivity contribution is 6.30. The molecule has 0 unspecified atom stereocenters. The molecule has 0 aliphatic carbocycles. The van der Waals surface area contributed by atoms with Crippen molar-refractivity contribution in [2.24, 2.45) is 0 Å². The molecule has 1 aromatic heterocycles. The van der Waals surface area contributed by atoms with Crippen LogP contribution in [0.25, 0.3) is 11.3 Å². The van der Waals surface area contributed by atoms with Crippen LogP contribution in [0, 0.1) is 0 Å². The maximum absolute atomic E-state index is 11.9. The van der Waals surface area contributed by atoms with Gasteiger partial charge < -0.3 is 19.5 Å². The van der Waals surface area contributed by atoms with Crippen LogP contribution in [0.2, 0.25) is 5.02 Å². The molecule has 29 heavy (non-hydrogen) atoms. The van der Waals surface area contributed by atoms with Crippen molar-refractivity contribution in [2.45, 2.75) is 12.8 Å². The summed E-state index contributed by atoms with van der Waals surface area (Å²) >= 11 is 5.91. The van der Waals surface area contributed by atoms with E-state index in [2.05, 4.69) is 15.4 Å². The van der Waals surface area contributed by atoms with Crippen LogP contribution < -0.4 is 5.32 Å². The Labute approximate surface area is 174 Å². The summed E-state index contributed by atoms with van der Waals surface area (Å²) in [6.07, 6.45) is 1.34. The van der Waals surface area contributed by atoms with Crippen molar-refractivity contribution in [3.63, 3.8) is 0 Å². The highest BCUT2D eigenvalue weighted by Crippen LogP contribution is 2.22. The Bertz CT molecular complexity index is 816. The summed E-state index contributed by atoms with van der Waals surface area (Å²) in [5.41, 5.74) is 1.87. The Morgan fingerprint density at radius 2 is 1.93 bits per heavy atom. The molecule has 3 rings (SSSR count). The fraction of sp³-hybridized carbons (Fsp3) is 0.450. The number of amides is 2. The second-order valence-corrected chi connectivity index (χ2v) is 7.29. The SMILES string of the molecule is CNC(=O)COC(=O)N1CCN(CCCc2cc(-c3ccc(Cl)cc3)on2)CC1. The van der Waals surface area contributed by atoms with Gasteiger partial charge in [-0.25, -0.2) is 4.79 Å². The maximum Gasteiger partial charge on any atom is 0.410 e. The number of aromatic nitrogens is 1. The van der Waals surface area contributed by atoms with Crippen molar-refractivity contribution in [2.75, 3.05) is 46.4 Å². The smallest absolute Gasteiger partial charge is 0.410 e. The van der Waals surface area contributed by atoms with Gasteiger partial charge in [-0.1, -0.05) is 16.8 Å². The molecule has 9 heteroatoms. The number of hydrogen-bond donors (Lipinski definition) is 1. The van der Waals surface area contributed by atoms with Gasteiger partial charge in [0.15, 0.2) is 12.4 Å². The Balaban J connectivity index is 1.36. The number of rotatable bonds is 7. The quantitative estimate of drug-likeness (QED) is 0.740. The van der Waals surface area contributed by atoms with Crippen molar-refractivity contribution in [1.29, 1.82) is 0 Å². The third kappa shape index (κ3) is 6.20. The molecule has 8 nitrogen and oxygen atoms in total. The van der Waals surface area contributed by atoms with E-state index >= 15 is 0 Å². The van der Waals surface area contributed by atoms with Crippen molar-refractivity contribution < 1.29 is 18.8 Å². The first-order valence-electron chi connectivity index (χ1n) is 9.61. The van der Waals surface area contributed by atoms with Gasteiger partial charge in [-0.2, -0.15) is 0 Å². The lowest BCUT2D eigenvalue weighted by Gasteiger charge is -2.33. The van der Waals surface area contributed by atoms with E-state index in [1.165, 1.54) is 7.05 Å². The summed E-state index contributed by atoms with van der Waals surface area (Å²) in [5, 5.41) is 7.25. The number of carbonyl (C=O) groups is 2. The minimum Gasteiger partial charge on any atom is -0.439 e. The largest absolute Gasteiger partial charge is 0.439 e.